The summed E-state index contributed by atoms with van der Waals surface area (Å²) in [6, 6.07) is 10.4. The van der Waals surface area contributed by atoms with Gasteiger partial charge in [0.15, 0.2) is 23.1 Å². The van der Waals surface area contributed by atoms with Gasteiger partial charge in [-0.25, -0.2) is 9.97 Å². The van der Waals surface area contributed by atoms with E-state index in [-0.39, 0.29) is 176 Å². The predicted molar refractivity (Wildman–Crippen MR) is 401 cm³/mol. The lowest BCUT2D eigenvalue weighted by Gasteiger charge is -2.41. The van der Waals surface area contributed by atoms with E-state index in [1.807, 2.05) is 73.0 Å². The van der Waals surface area contributed by atoms with Gasteiger partial charge in [-0.15, -0.1) is 0 Å². The van der Waals surface area contributed by atoms with Crippen molar-refractivity contribution in [3.8, 4) is 0 Å². The molecular formula is C74H113N13O15S2. The largest absolute Gasteiger partial charge is 0.379 e. The molecule has 0 radical (unpaired) electrons. The number of ketones is 4. The van der Waals surface area contributed by atoms with Crippen LogP contribution in [0, 0.1) is 29.6 Å². The number of benzene rings is 2. The molecule has 5 N–H and O–H groups in total. The van der Waals surface area contributed by atoms with Crippen molar-refractivity contribution in [3.05, 3.63) is 81.0 Å². The van der Waals surface area contributed by atoms with Crippen molar-refractivity contribution in [1.82, 2.24) is 51.3 Å². The Kier molecular flexibility index (Phi) is 40.4. The minimum Gasteiger partial charge on any atom is -0.379 e. The standard InChI is InChI=1S/C74H113N13O15S2/c1-15-48(6)70(86(10)74(98)57(46(2)3)38-63(91)69(47(4)5)85(8)9)64(99-11)39-68(95)87-30-16-17-62(87)71(100-12)49(7)72(96)81-53(40-80-84-75)35-50-18-20-51(21-19-50)36-56(90)43-79-66(93)27-24-54(88)41-77-65(92)26-23-55(89)42-78-67(94)28-31-101-33-34-102-32-29-76-73(97)52-22-25-58-59(37-52)83-61(45-104-14)60(82-58)44-103-13/h18-22,25,37,46-49,53,57,62,64,69-71H,15-17,23-24,26-36,38-45H2,1-14H3,(H,76,97)(H,77,92)(H,78,94)(H,79,93)(H,81,96)/t48-,49+,53-,57-,62-,64+,69-,70-,71+/m0/s1. The monoisotopic (exact) mass is 1490 g/mol. The van der Waals surface area contributed by atoms with Crippen LogP contribution in [0.3, 0.4) is 0 Å². The van der Waals surface area contributed by atoms with Gasteiger partial charge in [-0.2, -0.15) is 23.5 Å². The third kappa shape index (κ3) is 29.8. The summed E-state index contributed by atoms with van der Waals surface area (Å²) >= 11 is 3.34. The van der Waals surface area contributed by atoms with Gasteiger partial charge in [0.2, 0.25) is 35.4 Å². The van der Waals surface area contributed by atoms with Gasteiger partial charge in [-0.3, -0.25) is 57.6 Å². The third-order valence-electron chi connectivity index (χ3n) is 18.7. The molecule has 576 valence electrons. The van der Waals surface area contributed by atoms with Crippen LogP contribution in [0.1, 0.15) is 146 Å². The van der Waals surface area contributed by atoms with E-state index in [0.29, 0.717) is 42.5 Å². The van der Waals surface area contributed by atoms with Gasteiger partial charge in [0.1, 0.15) is 0 Å². The number of aromatic nitrogens is 2. The molecule has 2 aromatic carbocycles. The lowest BCUT2D eigenvalue weighted by Crippen LogP contribution is -2.54. The number of fused-ring (bicyclic) bond motifs is 1. The van der Waals surface area contributed by atoms with E-state index in [2.05, 4.69) is 36.6 Å². The maximum absolute atomic E-state index is 14.5. The Morgan fingerprint density at radius 3 is 1.82 bits per heavy atom. The fourth-order valence-corrected chi connectivity index (χ4v) is 13.9. The second-order valence-corrected chi connectivity index (χ2v) is 29.2. The highest BCUT2D eigenvalue weighted by atomic mass is 32.2. The van der Waals surface area contributed by atoms with E-state index in [1.54, 1.807) is 89.8 Å². The van der Waals surface area contributed by atoms with Gasteiger partial charge in [0, 0.05) is 120 Å². The summed E-state index contributed by atoms with van der Waals surface area (Å²) in [7, 11) is 8.52. The average molecular weight is 1490 g/mol. The maximum Gasteiger partial charge on any atom is 0.251 e. The number of azide groups is 1. The summed E-state index contributed by atoms with van der Waals surface area (Å²) in [6.45, 7) is 14.1. The first-order chi connectivity index (χ1) is 49.6. The first kappa shape index (κ1) is 89.0. The van der Waals surface area contributed by atoms with Crippen molar-refractivity contribution in [1.29, 1.82) is 0 Å². The zero-order valence-corrected chi connectivity index (χ0v) is 65.0. The molecule has 1 saturated heterocycles. The number of carbonyl (C=O) groups is 11. The van der Waals surface area contributed by atoms with Gasteiger partial charge in [0.25, 0.3) is 5.91 Å². The summed E-state index contributed by atoms with van der Waals surface area (Å²) < 4.78 is 23.1. The van der Waals surface area contributed by atoms with Crippen LogP contribution in [0.4, 0.5) is 0 Å². The predicted octanol–water partition coefficient (Wildman–Crippen LogP) is 6.44. The number of carbonyl (C=O) groups excluding carboxylic acids is 11. The first-order valence-electron chi connectivity index (χ1n) is 35.9. The highest BCUT2D eigenvalue weighted by Gasteiger charge is 2.44. The highest BCUT2D eigenvalue weighted by molar-refractivity contribution is 7.98. The molecule has 0 unspecified atom stereocenters. The Hall–Kier alpha value is -7.44. The van der Waals surface area contributed by atoms with Crippen molar-refractivity contribution in [2.75, 3.05) is 114 Å². The van der Waals surface area contributed by atoms with Crippen molar-refractivity contribution in [3.63, 3.8) is 0 Å². The summed E-state index contributed by atoms with van der Waals surface area (Å²) in [4.78, 5) is 162. The van der Waals surface area contributed by atoms with Gasteiger partial charge >= 0.3 is 0 Å². The van der Waals surface area contributed by atoms with E-state index in [4.69, 9.17) is 28.9 Å². The number of methoxy groups -OCH3 is 2. The second kappa shape index (κ2) is 47.2. The molecule has 0 saturated carbocycles. The molecule has 28 nitrogen and oxygen atoms in total. The summed E-state index contributed by atoms with van der Waals surface area (Å²) in [6.07, 6.45) is 4.05. The molecule has 9 atom stereocenters. The third-order valence-corrected chi connectivity index (χ3v) is 19.8. The van der Waals surface area contributed by atoms with Crippen molar-refractivity contribution in [2.45, 2.75) is 173 Å². The maximum atomic E-state index is 14.5. The molecular weight excluding hydrogens is 1380 g/mol. The smallest absolute Gasteiger partial charge is 0.251 e. The summed E-state index contributed by atoms with van der Waals surface area (Å²) in [5.74, 6) is -3.63. The quantitative estimate of drug-likeness (QED) is 0.0175. The number of amides is 7. The number of ether oxygens (including phenoxy) is 4. The molecule has 1 aromatic heterocycles. The molecule has 7 amide bonds. The molecule has 3 aromatic rings. The van der Waals surface area contributed by atoms with Gasteiger partial charge < -0.3 is 55.3 Å². The Balaban J connectivity index is 1.12. The lowest BCUT2D eigenvalue weighted by molar-refractivity contribution is -0.149. The van der Waals surface area contributed by atoms with Crippen LogP contribution in [-0.2, 0) is 91.2 Å². The highest BCUT2D eigenvalue weighted by Crippen LogP contribution is 2.32. The molecule has 4 rings (SSSR count). The van der Waals surface area contributed by atoms with Crippen LogP contribution in [0.5, 0.6) is 0 Å². The number of rotatable bonds is 51. The Morgan fingerprint density at radius 1 is 0.692 bits per heavy atom. The SMILES string of the molecule is CC[C@H](C)[C@@H]([C@@H](CC(=O)N1CCC[C@H]1[C@H](OC)[C@@H](C)C(=O)N[C@H](CN=[N+]=[N-])Cc1ccc(CC(=O)CNC(=O)CCC(=O)CNC(=O)CCC(=O)CNC(=O)CCOCCOCCNC(=O)c2ccc3nc(CSC)c(CSC)nc3c2)cc1)OC)N(C)C(=O)[C@@H](CC(=O)[C@H](C(C)C)N(C)C)C(C)C. The fourth-order valence-electron chi connectivity index (χ4n) is 12.9. The molecule has 0 bridgehead atoms. The zero-order valence-electron chi connectivity index (χ0n) is 63.4. The van der Waals surface area contributed by atoms with Crippen LogP contribution in [-0.4, -0.2) is 239 Å². The lowest BCUT2D eigenvalue weighted by atomic mass is 9.83. The molecule has 30 heteroatoms. The molecule has 1 fully saturated rings. The van der Waals surface area contributed by atoms with E-state index in [1.165, 1.54) is 14.2 Å². The second-order valence-electron chi connectivity index (χ2n) is 27.4. The summed E-state index contributed by atoms with van der Waals surface area (Å²) in [5, 5.41) is 17.1. The zero-order chi connectivity index (χ0) is 77.0. The number of thioether (sulfide) groups is 2. The summed E-state index contributed by atoms with van der Waals surface area (Å²) in [5.41, 5.74) is 14.4. The van der Waals surface area contributed by atoms with Crippen LogP contribution in [0.15, 0.2) is 47.6 Å². The van der Waals surface area contributed by atoms with E-state index in [0.717, 1.165) is 34.0 Å². The molecule has 104 heavy (non-hydrogen) atoms. The number of hydrogen-bond acceptors (Lipinski definition) is 21. The first-order valence-corrected chi connectivity index (χ1v) is 38.7. The van der Waals surface area contributed by atoms with Crippen molar-refractivity contribution >= 4 is 99.0 Å². The minimum absolute atomic E-state index is 0.00719. The van der Waals surface area contributed by atoms with Crippen molar-refractivity contribution in [2.24, 2.45) is 34.7 Å². The Labute approximate surface area is 621 Å². The van der Waals surface area contributed by atoms with Crippen LogP contribution in [0.2, 0.25) is 0 Å². The minimum atomic E-state index is -0.756. The van der Waals surface area contributed by atoms with Crippen LogP contribution >= 0.6 is 23.5 Å². The number of hydrogen-bond donors (Lipinski definition) is 5. The number of likely N-dealkylation sites (N-methyl/N-ethyl adjacent to an activating group) is 2. The molecule has 1 aliphatic heterocycles. The molecule has 2 heterocycles. The number of likely N-dealkylation sites (tertiary alicyclic amines) is 1. The van der Waals surface area contributed by atoms with E-state index >= 15 is 0 Å². The van der Waals surface area contributed by atoms with E-state index < -0.39 is 71.5 Å². The number of Topliss-reactive ketones (excluding diaryl/α,β-unsaturated/α-hetero) is 4. The van der Waals surface area contributed by atoms with Gasteiger partial charge in [-0.05, 0) is 98.5 Å². The molecule has 1 aliphatic rings. The number of nitrogens with one attached hydrogen (secondary N) is 5. The van der Waals surface area contributed by atoms with Crippen LogP contribution in [0.25, 0.3) is 21.5 Å². The Morgan fingerprint density at radius 2 is 1.27 bits per heavy atom. The van der Waals surface area contributed by atoms with Crippen molar-refractivity contribution < 1.29 is 71.7 Å². The van der Waals surface area contributed by atoms with Crippen LogP contribution < -0.4 is 26.6 Å². The fraction of sp³-hybridized carbons (Fsp3) is 0.662. The van der Waals surface area contributed by atoms with Gasteiger partial charge in [-0.1, -0.05) is 84.3 Å². The molecule has 0 spiro atoms. The Bertz CT molecular complexity index is 3370. The van der Waals surface area contributed by atoms with Gasteiger partial charge in [0.05, 0.1) is 111 Å². The topological polar surface area (TPSA) is 369 Å². The van der Waals surface area contributed by atoms with E-state index in [9.17, 15) is 58.3 Å². The molecule has 0 aliphatic carbocycles. The normalized spacial score (nSPS) is 15.2. The number of nitrogens with zero attached hydrogens (tertiary/aromatic N) is 8. The average Bonchev–Trinajstić information content (AvgIpc) is 1.03.